The van der Waals surface area contributed by atoms with Gasteiger partial charge in [0.15, 0.2) is 0 Å². The minimum Gasteiger partial charge on any atom is -0.494 e. The second-order valence-electron chi connectivity index (χ2n) is 4.99. The minimum absolute atomic E-state index is 0.0603. The molecule has 1 aliphatic heterocycles. The van der Waals surface area contributed by atoms with E-state index in [4.69, 9.17) is 4.74 Å². The van der Waals surface area contributed by atoms with Crippen molar-refractivity contribution in [1.82, 2.24) is 5.32 Å². The van der Waals surface area contributed by atoms with Crippen LogP contribution in [0.15, 0.2) is 42.5 Å². The summed E-state index contributed by atoms with van der Waals surface area (Å²) < 4.78 is 19.0. The summed E-state index contributed by atoms with van der Waals surface area (Å²) in [5, 5.41) is 3.46. The van der Waals surface area contributed by atoms with Crippen molar-refractivity contribution >= 4 is 0 Å². The molecule has 104 valence electrons. The highest BCUT2D eigenvalue weighted by molar-refractivity contribution is 5.43. The normalized spacial score (nSPS) is 17.6. The van der Waals surface area contributed by atoms with E-state index in [2.05, 4.69) is 17.4 Å². The third-order valence-electron chi connectivity index (χ3n) is 3.66. The van der Waals surface area contributed by atoms with E-state index in [1.807, 2.05) is 19.1 Å². The molecule has 1 unspecified atom stereocenters. The third kappa shape index (κ3) is 2.54. The molecule has 0 saturated heterocycles. The van der Waals surface area contributed by atoms with Crippen LogP contribution >= 0.6 is 0 Å². The maximum absolute atomic E-state index is 13.4. The van der Waals surface area contributed by atoms with Crippen LogP contribution in [-0.2, 0) is 6.42 Å². The number of benzene rings is 2. The van der Waals surface area contributed by atoms with Crippen LogP contribution in [-0.4, -0.2) is 13.2 Å². The van der Waals surface area contributed by atoms with Crippen LogP contribution in [0.1, 0.15) is 29.7 Å². The number of ether oxygens (including phenoxy) is 1. The monoisotopic (exact) mass is 271 g/mol. The first-order chi connectivity index (χ1) is 9.78. The Morgan fingerprint density at radius 3 is 2.95 bits per heavy atom. The second-order valence-corrected chi connectivity index (χ2v) is 4.99. The summed E-state index contributed by atoms with van der Waals surface area (Å²) in [4.78, 5) is 0. The minimum atomic E-state index is -0.192. The standard InChI is InChI=1S/C17H18FNO/c1-2-20-15-6-7-16-12(11-15)8-9-19-17(16)13-4-3-5-14(18)10-13/h3-7,10-11,17,19H,2,8-9H2,1H3. The van der Waals surface area contributed by atoms with Crippen molar-refractivity contribution < 1.29 is 9.13 Å². The van der Waals surface area contributed by atoms with E-state index >= 15 is 0 Å². The van der Waals surface area contributed by atoms with Gasteiger partial charge in [-0.15, -0.1) is 0 Å². The van der Waals surface area contributed by atoms with E-state index < -0.39 is 0 Å². The molecular weight excluding hydrogens is 253 g/mol. The predicted octanol–water partition coefficient (Wildman–Crippen LogP) is 3.46. The summed E-state index contributed by atoms with van der Waals surface area (Å²) in [5.74, 6) is 0.716. The highest BCUT2D eigenvalue weighted by Gasteiger charge is 2.21. The van der Waals surface area contributed by atoms with Gasteiger partial charge in [0, 0.05) is 6.54 Å². The fourth-order valence-corrected chi connectivity index (χ4v) is 2.78. The fourth-order valence-electron chi connectivity index (χ4n) is 2.78. The molecule has 3 heteroatoms. The Labute approximate surface area is 118 Å². The summed E-state index contributed by atoms with van der Waals surface area (Å²) in [7, 11) is 0. The summed E-state index contributed by atoms with van der Waals surface area (Å²) >= 11 is 0. The van der Waals surface area contributed by atoms with Crippen molar-refractivity contribution in [2.75, 3.05) is 13.2 Å². The number of fused-ring (bicyclic) bond motifs is 1. The Morgan fingerprint density at radius 2 is 2.15 bits per heavy atom. The Hall–Kier alpha value is -1.87. The fraction of sp³-hybridized carbons (Fsp3) is 0.294. The zero-order valence-corrected chi connectivity index (χ0v) is 11.5. The van der Waals surface area contributed by atoms with Gasteiger partial charge in [0.25, 0.3) is 0 Å². The highest BCUT2D eigenvalue weighted by atomic mass is 19.1. The molecule has 1 aliphatic rings. The largest absolute Gasteiger partial charge is 0.494 e. The van der Waals surface area contributed by atoms with E-state index in [-0.39, 0.29) is 11.9 Å². The van der Waals surface area contributed by atoms with Crippen LogP contribution in [0.4, 0.5) is 4.39 Å². The Morgan fingerprint density at radius 1 is 1.25 bits per heavy atom. The third-order valence-corrected chi connectivity index (χ3v) is 3.66. The molecule has 3 rings (SSSR count). The van der Waals surface area contributed by atoms with Crippen molar-refractivity contribution in [1.29, 1.82) is 0 Å². The molecule has 1 N–H and O–H groups in total. The number of halogens is 1. The SMILES string of the molecule is CCOc1ccc2c(c1)CCNC2c1cccc(F)c1. The lowest BCUT2D eigenvalue weighted by atomic mass is 9.90. The molecule has 2 aromatic carbocycles. The van der Waals surface area contributed by atoms with Gasteiger partial charge in [-0.1, -0.05) is 18.2 Å². The molecule has 0 aromatic heterocycles. The van der Waals surface area contributed by atoms with Crippen molar-refractivity contribution in [3.05, 3.63) is 65.0 Å². The molecular formula is C17H18FNO. The molecule has 2 nitrogen and oxygen atoms in total. The van der Waals surface area contributed by atoms with Crippen LogP contribution in [0.5, 0.6) is 5.75 Å². The number of hydrogen-bond donors (Lipinski definition) is 1. The maximum Gasteiger partial charge on any atom is 0.123 e. The van der Waals surface area contributed by atoms with E-state index in [9.17, 15) is 4.39 Å². The lowest BCUT2D eigenvalue weighted by Crippen LogP contribution is -2.30. The van der Waals surface area contributed by atoms with Gasteiger partial charge in [-0.05, 0) is 54.3 Å². The van der Waals surface area contributed by atoms with Crippen LogP contribution in [0.2, 0.25) is 0 Å². The van der Waals surface area contributed by atoms with Gasteiger partial charge in [0.1, 0.15) is 11.6 Å². The van der Waals surface area contributed by atoms with Gasteiger partial charge < -0.3 is 10.1 Å². The Kier molecular flexibility index (Phi) is 3.70. The predicted molar refractivity (Wildman–Crippen MR) is 77.6 cm³/mol. The molecule has 1 atom stereocenters. The van der Waals surface area contributed by atoms with Crippen molar-refractivity contribution in [2.24, 2.45) is 0 Å². The molecule has 20 heavy (non-hydrogen) atoms. The average molecular weight is 271 g/mol. The van der Waals surface area contributed by atoms with Crippen molar-refractivity contribution in [2.45, 2.75) is 19.4 Å². The van der Waals surface area contributed by atoms with Gasteiger partial charge in [-0.25, -0.2) is 4.39 Å². The average Bonchev–Trinajstić information content (AvgIpc) is 2.47. The van der Waals surface area contributed by atoms with E-state index in [0.29, 0.717) is 6.61 Å². The number of nitrogens with one attached hydrogen (secondary N) is 1. The van der Waals surface area contributed by atoms with Gasteiger partial charge in [0.2, 0.25) is 0 Å². The second kappa shape index (κ2) is 5.63. The molecule has 0 aliphatic carbocycles. The van der Waals surface area contributed by atoms with Crippen molar-refractivity contribution in [3.63, 3.8) is 0 Å². The molecule has 0 saturated carbocycles. The first kappa shape index (κ1) is 13.1. The Balaban J connectivity index is 1.97. The maximum atomic E-state index is 13.4. The zero-order chi connectivity index (χ0) is 13.9. The zero-order valence-electron chi connectivity index (χ0n) is 11.5. The van der Waals surface area contributed by atoms with Crippen LogP contribution in [0, 0.1) is 5.82 Å². The lowest BCUT2D eigenvalue weighted by molar-refractivity contribution is 0.339. The van der Waals surface area contributed by atoms with Crippen LogP contribution in [0.25, 0.3) is 0 Å². The smallest absolute Gasteiger partial charge is 0.123 e. The topological polar surface area (TPSA) is 21.3 Å². The van der Waals surface area contributed by atoms with Gasteiger partial charge in [-0.3, -0.25) is 0 Å². The molecule has 1 heterocycles. The van der Waals surface area contributed by atoms with Gasteiger partial charge in [-0.2, -0.15) is 0 Å². The molecule has 0 radical (unpaired) electrons. The molecule has 0 amide bonds. The highest BCUT2D eigenvalue weighted by Crippen LogP contribution is 2.31. The molecule has 0 fully saturated rings. The molecule has 2 aromatic rings. The first-order valence-electron chi connectivity index (χ1n) is 7.02. The Bertz CT molecular complexity index is 612. The summed E-state index contributed by atoms with van der Waals surface area (Å²) in [6, 6.07) is 13.0. The van der Waals surface area contributed by atoms with Crippen LogP contribution < -0.4 is 10.1 Å². The van der Waals surface area contributed by atoms with E-state index in [1.54, 1.807) is 12.1 Å². The quantitative estimate of drug-likeness (QED) is 0.923. The summed E-state index contributed by atoms with van der Waals surface area (Å²) in [6.45, 7) is 3.55. The molecule has 0 spiro atoms. The summed E-state index contributed by atoms with van der Waals surface area (Å²) in [5.41, 5.74) is 3.46. The van der Waals surface area contributed by atoms with Gasteiger partial charge >= 0.3 is 0 Å². The van der Waals surface area contributed by atoms with E-state index in [1.165, 1.54) is 17.2 Å². The summed E-state index contributed by atoms with van der Waals surface area (Å²) in [6.07, 6.45) is 0.974. The van der Waals surface area contributed by atoms with E-state index in [0.717, 1.165) is 24.3 Å². The van der Waals surface area contributed by atoms with Gasteiger partial charge in [0.05, 0.1) is 12.6 Å². The van der Waals surface area contributed by atoms with Crippen LogP contribution in [0.3, 0.4) is 0 Å². The van der Waals surface area contributed by atoms with Crippen molar-refractivity contribution in [3.8, 4) is 5.75 Å². The first-order valence-corrected chi connectivity index (χ1v) is 7.02. The number of hydrogen-bond acceptors (Lipinski definition) is 2. The lowest BCUT2D eigenvalue weighted by Gasteiger charge is -2.28. The molecule has 0 bridgehead atoms. The number of rotatable bonds is 3.